The predicted molar refractivity (Wildman–Crippen MR) is 94.0 cm³/mol. The van der Waals surface area contributed by atoms with Gasteiger partial charge in [0, 0.05) is 22.5 Å². The lowest BCUT2D eigenvalue weighted by molar-refractivity contribution is 0.0938. The van der Waals surface area contributed by atoms with Gasteiger partial charge in [-0.25, -0.2) is 0 Å². The van der Waals surface area contributed by atoms with Crippen LogP contribution in [-0.4, -0.2) is 11.9 Å². The molecule has 0 radical (unpaired) electrons. The summed E-state index contributed by atoms with van der Waals surface area (Å²) in [6.07, 6.45) is 4.60. The van der Waals surface area contributed by atoms with Gasteiger partial charge in [0.15, 0.2) is 5.58 Å². The van der Waals surface area contributed by atoms with Crippen LogP contribution in [-0.2, 0) is 0 Å². The highest BCUT2D eigenvalue weighted by Crippen LogP contribution is 2.37. The number of carbonyl (C=O) groups is 1. The minimum atomic E-state index is 0.00890. The fraction of sp³-hybridized carbons (Fsp3) is 0.316. The summed E-state index contributed by atoms with van der Waals surface area (Å²) in [6.45, 7) is 1.99. The number of rotatable bonds is 3. The second kappa shape index (κ2) is 5.85. The van der Waals surface area contributed by atoms with E-state index >= 15 is 0 Å². The predicted octanol–water partition coefficient (Wildman–Crippen LogP) is 5.14. The van der Waals surface area contributed by atoms with Crippen molar-refractivity contribution >= 4 is 27.5 Å². The van der Waals surface area contributed by atoms with Crippen molar-refractivity contribution in [3.63, 3.8) is 0 Å². The van der Waals surface area contributed by atoms with E-state index in [0.717, 1.165) is 39.3 Å². The summed E-state index contributed by atoms with van der Waals surface area (Å²) < 4.78 is 7.08. The van der Waals surface area contributed by atoms with Crippen LogP contribution in [0.3, 0.4) is 0 Å². The van der Waals surface area contributed by atoms with E-state index in [-0.39, 0.29) is 5.91 Å². The molecular formula is C19H19NO2S. The molecule has 4 rings (SSSR count). The molecule has 0 spiro atoms. The maximum absolute atomic E-state index is 12.7. The first-order valence-corrected chi connectivity index (χ1v) is 8.93. The van der Waals surface area contributed by atoms with Gasteiger partial charge in [0.25, 0.3) is 5.91 Å². The highest BCUT2D eigenvalue weighted by molar-refractivity contribution is 7.19. The SMILES string of the molecule is Cc1sc2cc(-c3ccccc3)oc2c1C(=O)NC1CCCC1. The van der Waals surface area contributed by atoms with Gasteiger partial charge < -0.3 is 9.73 Å². The quantitative estimate of drug-likeness (QED) is 0.724. The van der Waals surface area contributed by atoms with Gasteiger partial charge in [0.05, 0.1) is 10.3 Å². The number of nitrogens with one attached hydrogen (secondary N) is 1. The van der Waals surface area contributed by atoms with Crippen molar-refractivity contribution in [1.29, 1.82) is 0 Å². The van der Waals surface area contributed by atoms with Crippen LogP contribution in [0.1, 0.15) is 40.9 Å². The highest BCUT2D eigenvalue weighted by Gasteiger charge is 2.24. The van der Waals surface area contributed by atoms with Crippen molar-refractivity contribution < 1.29 is 9.21 Å². The number of furan rings is 1. The van der Waals surface area contributed by atoms with Gasteiger partial charge in [-0.2, -0.15) is 0 Å². The first kappa shape index (κ1) is 14.5. The molecule has 1 fully saturated rings. The lowest BCUT2D eigenvalue weighted by atomic mass is 10.2. The van der Waals surface area contributed by atoms with E-state index in [4.69, 9.17) is 4.42 Å². The molecule has 3 nitrogen and oxygen atoms in total. The number of amides is 1. The number of fused-ring (bicyclic) bond motifs is 1. The summed E-state index contributed by atoms with van der Waals surface area (Å²) in [5, 5.41) is 3.17. The zero-order valence-electron chi connectivity index (χ0n) is 13.1. The van der Waals surface area contributed by atoms with Crippen LogP contribution < -0.4 is 5.32 Å². The highest BCUT2D eigenvalue weighted by atomic mass is 32.1. The molecule has 4 heteroatoms. The minimum Gasteiger partial charge on any atom is -0.454 e. The van der Waals surface area contributed by atoms with Gasteiger partial charge in [-0.3, -0.25) is 4.79 Å². The molecule has 1 N–H and O–H groups in total. The average molecular weight is 325 g/mol. The zero-order valence-corrected chi connectivity index (χ0v) is 13.9. The van der Waals surface area contributed by atoms with Crippen LogP contribution in [0.5, 0.6) is 0 Å². The van der Waals surface area contributed by atoms with Crippen molar-refractivity contribution in [1.82, 2.24) is 5.32 Å². The van der Waals surface area contributed by atoms with E-state index in [1.807, 2.05) is 43.3 Å². The molecule has 2 heterocycles. The Kier molecular flexibility index (Phi) is 3.69. The van der Waals surface area contributed by atoms with Gasteiger partial charge in [-0.15, -0.1) is 11.3 Å². The molecule has 0 unspecified atom stereocenters. The minimum absolute atomic E-state index is 0.00890. The summed E-state index contributed by atoms with van der Waals surface area (Å²) in [5.41, 5.74) is 2.47. The Morgan fingerprint density at radius 2 is 1.96 bits per heavy atom. The smallest absolute Gasteiger partial charge is 0.256 e. The van der Waals surface area contributed by atoms with Crippen molar-refractivity contribution in [3.05, 3.63) is 46.8 Å². The second-order valence-corrected chi connectivity index (χ2v) is 7.41. The molecule has 1 aromatic carbocycles. The largest absolute Gasteiger partial charge is 0.454 e. The molecular weight excluding hydrogens is 306 g/mol. The molecule has 23 heavy (non-hydrogen) atoms. The fourth-order valence-electron chi connectivity index (χ4n) is 3.34. The monoisotopic (exact) mass is 325 g/mol. The zero-order chi connectivity index (χ0) is 15.8. The Balaban J connectivity index is 1.70. The van der Waals surface area contributed by atoms with Gasteiger partial charge in [-0.05, 0) is 19.8 Å². The fourth-order valence-corrected chi connectivity index (χ4v) is 4.36. The van der Waals surface area contributed by atoms with E-state index < -0.39 is 0 Å². The number of hydrogen-bond acceptors (Lipinski definition) is 3. The number of hydrogen-bond donors (Lipinski definition) is 1. The Labute approximate surface area is 139 Å². The molecule has 0 saturated heterocycles. The summed E-state index contributed by atoms with van der Waals surface area (Å²) in [5.74, 6) is 0.830. The number of thiophene rings is 1. The van der Waals surface area contributed by atoms with E-state index in [2.05, 4.69) is 5.32 Å². The Morgan fingerprint density at radius 3 is 2.70 bits per heavy atom. The molecule has 2 aromatic heterocycles. The van der Waals surface area contributed by atoms with Crippen molar-refractivity contribution in [2.24, 2.45) is 0 Å². The van der Waals surface area contributed by atoms with Gasteiger partial charge in [0.1, 0.15) is 5.76 Å². The summed E-state index contributed by atoms with van der Waals surface area (Å²) in [4.78, 5) is 13.7. The molecule has 0 bridgehead atoms. The Morgan fingerprint density at radius 1 is 1.22 bits per heavy atom. The summed E-state index contributed by atoms with van der Waals surface area (Å²) in [7, 11) is 0. The van der Waals surface area contributed by atoms with Crippen LogP contribution in [0.25, 0.3) is 21.6 Å². The Bertz CT molecular complexity index is 841. The normalized spacial score (nSPS) is 15.3. The summed E-state index contributed by atoms with van der Waals surface area (Å²) >= 11 is 1.63. The topological polar surface area (TPSA) is 42.2 Å². The van der Waals surface area contributed by atoms with E-state index in [9.17, 15) is 4.79 Å². The molecule has 0 aliphatic heterocycles. The van der Waals surface area contributed by atoms with Crippen LogP contribution in [0.4, 0.5) is 0 Å². The van der Waals surface area contributed by atoms with E-state index in [0.29, 0.717) is 11.6 Å². The van der Waals surface area contributed by atoms with Crippen LogP contribution in [0, 0.1) is 6.92 Å². The van der Waals surface area contributed by atoms with Gasteiger partial charge in [-0.1, -0.05) is 43.2 Å². The molecule has 1 aliphatic rings. The van der Waals surface area contributed by atoms with E-state index in [1.54, 1.807) is 11.3 Å². The third kappa shape index (κ3) is 2.68. The number of aryl methyl sites for hydroxylation is 1. The molecule has 1 saturated carbocycles. The molecule has 0 atom stereocenters. The Hall–Kier alpha value is -2.07. The van der Waals surface area contributed by atoms with Crippen molar-refractivity contribution in [2.75, 3.05) is 0 Å². The van der Waals surface area contributed by atoms with Crippen LogP contribution >= 0.6 is 11.3 Å². The first-order valence-electron chi connectivity index (χ1n) is 8.11. The van der Waals surface area contributed by atoms with Crippen LogP contribution in [0.15, 0.2) is 40.8 Å². The summed E-state index contributed by atoms with van der Waals surface area (Å²) in [6, 6.07) is 12.4. The molecule has 1 aliphatic carbocycles. The molecule has 118 valence electrons. The molecule has 1 amide bonds. The average Bonchev–Trinajstić information content (AvgIpc) is 3.24. The van der Waals surface area contributed by atoms with Crippen LogP contribution in [0.2, 0.25) is 0 Å². The van der Waals surface area contributed by atoms with Crippen molar-refractivity contribution in [3.8, 4) is 11.3 Å². The lowest BCUT2D eigenvalue weighted by Crippen LogP contribution is -2.32. The van der Waals surface area contributed by atoms with Crippen molar-refractivity contribution in [2.45, 2.75) is 38.6 Å². The van der Waals surface area contributed by atoms with Gasteiger partial charge >= 0.3 is 0 Å². The number of benzene rings is 1. The molecule has 3 aromatic rings. The van der Waals surface area contributed by atoms with E-state index in [1.165, 1.54) is 12.8 Å². The third-order valence-corrected chi connectivity index (χ3v) is 5.55. The first-order chi connectivity index (χ1) is 11.2. The maximum atomic E-state index is 12.7. The third-order valence-electron chi connectivity index (χ3n) is 4.52. The standard InChI is InChI=1S/C19H19NO2S/c1-12-17(19(21)20-14-9-5-6-10-14)18-16(23-12)11-15(22-18)13-7-3-2-4-8-13/h2-4,7-8,11,14H,5-6,9-10H2,1H3,(H,20,21). The lowest BCUT2D eigenvalue weighted by Gasteiger charge is -2.11. The number of carbonyl (C=O) groups excluding carboxylic acids is 1. The van der Waals surface area contributed by atoms with Gasteiger partial charge in [0.2, 0.25) is 0 Å². The maximum Gasteiger partial charge on any atom is 0.256 e. The second-order valence-electron chi connectivity index (χ2n) is 6.16.